The number of fused-ring (bicyclic) bond motifs is 8. The molecule has 0 aliphatic rings. The third-order valence-corrected chi connectivity index (χ3v) is 28.1. The molecule has 8 nitrogen and oxygen atoms in total. The van der Waals surface area contributed by atoms with Crippen molar-refractivity contribution in [2.45, 2.75) is 105 Å². The molecule has 17 rings (SSSR count). The maximum atomic E-state index is 8.15. The Bertz CT molecular complexity index is 6250. The number of aryl methyl sites for hydroxylation is 1. The van der Waals surface area contributed by atoms with Gasteiger partial charge in [-0.3, -0.25) is 0 Å². The quantitative estimate of drug-likeness (QED) is 0.0759. The molecule has 0 aliphatic carbocycles. The van der Waals surface area contributed by atoms with Gasteiger partial charge in [0.05, 0.1) is 16.1 Å². The third-order valence-electron chi connectivity index (χ3n) is 21.5. The molecular formula is C95H88N8Pt2Si2-2. The van der Waals surface area contributed by atoms with Gasteiger partial charge in [0.2, 0.25) is 0 Å². The minimum absolute atomic E-state index is 0. The van der Waals surface area contributed by atoms with E-state index >= 15 is 0 Å². The molecule has 6 heterocycles. The van der Waals surface area contributed by atoms with Crippen molar-refractivity contribution in [3.8, 4) is 51.0 Å². The number of hydrogen-bond acceptors (Lipinski definition) is 2. The second-order valence-corrected chi connectivity index (χ2v) is 38.8. The van der Waals surface area contributed by atoms with E-state index in [0.29, 0.717) is 29.2 Å². The molecule has 0 saturated heterocycles. The Morgan fingerprint density at radius 3 is 1.14 bits per heavy atom. The molecule has 12 heteroatoms. The summed E-state index contributed by atoms with van der Waals surface area (Å²) < 4.78 is 36.9. The van der Waals surface area contributed by atoms with E-state index < -0.39 is 23.1 Å². The van der Waals surface area contributed by atoms with Crippen molar-refractivity contribution in [2.75, 3.05) is 0 Å². The van der Waals surface area contributed by atoms with Gasteiger partial charge in [-0.2, -0.15) is 86.0 Å². The van der Waals surface area contributed by atoms with E-state index in [-0.39, 0.29) is 42.1 Å². The Morgan fingerprint density at radius 2 is 0.710 bits per heavy atom. The Hall–Kier alpha value is -9.93. The van der Waals surface area contributed by atoms with E-state index in [9.17, 15) is 0 Å². The van der Waals surface area contributed by atoms with Gasteiger partial charge in [0.15, 0.2) is 34.7 Å². The number of hydrogen-bond donors (Lipinski definition) is 0. The molecule has 0 spiro atoms. The summed E-state index contributed by atoms with van der Waals surface area (Å²) in [5, 5.41) is 9.42. The molecule has 538 valence electrons. The normalized spacial score (nSPS) is 12.5. The van der Waals surface area contributed by atoms with E-state index in [4.69, 9.17) is 14.1 Å². The maximum Gasteiger partial charge on any atom is 0.188 e. The van der Waals surface area contributed by atoms with Crippen molar-refractivity contribution in [1.82, 2.24) is 37.4 Å². The predicted octanol–water partition coefficient (Wildman–Crippen LogP) is 21.6. The van der Waals surface area contributed by atoms with Crippen LogP contribution in [0.15, 0.2) is 274 Å². The molecular weight excluding hydrogens is 1700 g/mol. The van der Waals surface area contributed by atoms with Crippen LogP contribution in [0.2, 0.25) is 26.2 Å². The van der Waals surface area contributed by atoms with Crippen LogP contribution in [0.3, 0.4) is 0 Å². The number of benzene rings is 11. The van der Waals surface area contributed by atoms with E-state index in [2.05, 4.69) is 349 Å². The van der Waals surface area contributed by atoms with Crippen LogP contribution in [0.25, 0.3) is 117 Å². The zero-order valence-corrected chi connectivity index (χ0v) is 69.0. The molecule has 0 aliphatic heterocycles. The topological polar surface area (TPSA) is 55.4 Å². The molecule has 0 bridgehead atoms. The Balaban J connectivity index is 0.000000180. The van der Waals surface area contributed by atoms with Crippen LogP contribution >= 0.6 is 0 Å². The van der Waals surface area contributed by atoms with Crippen LogP contribution in [-0.2, 0) is 49.1 Å². The Labute approximate surface area is 664 Å². The summed E-state index contributed by atoms with van der Waals surface area (Å²) in [6.07, 6.45) is 7.77. The summed E-state index contributed by atoms with van der Waals surface area (Å²) in [4.78, 5) is 10.0. The smallest absolute Gasteiger partial charge is 0.188 e. The number of rotatable bonds is 15. The summed E-state index contributed by atoms with van der Waals surface area (Å²) in [5.74, 6) is 3.34. The summed E-state index contributed by atoms with van der Waals surface area (Å²) in [6.45, 7) is 25.4. The fourth-order valence-corrected chi connectivity index (χ4v) is 20.1. The average molecular weight is 1790 g/mol. The second kappa shape index (κ2) is 30.0. The number of nitrogens with zero attached hydrogens (tertiary/aromatic N) is 8. The van der Waals surface area contributed by atoms with Gasteiger partial charge >= 0.3 is 0 Å². The van der Waals surface area contributed by atoms with Crippen molar-refractivity contribution in [3.05, 3.63) is 320 Å². The first-order chi connectivity index (χ1) is 52.0. The molecule has 11 aromatic carbocycles. The van der Waals surface area contributed by atoms with Crippen molar-refractivity contribution in [1.29, 1.82) is 0 Å². The standard InChI is InChI=1S/C50H45N4Si.C45H43N4Si.2Pt/c1-34(2)41-21-15-22-42(35(3)4)50(41)36-28-29-51-49(30-36)54-45-23-11-10-20-43(45)44-27-26-40(32-48(44)54)55(5,6)39-19-14-18-38(31-39)53-33-52(37-16-8-7-9-17-37)46-24-12-13-25-47(46)53;1-30(2)36-17-13-18-37(31(3)4)45(36)32-24-25-46-44(26-32)49-40-19-9-8-16-38(40)39-23-22-35(28-43(39)49)50(6,7)34-15-12-14-33(27-34)48-29-47(5)41-20-10-11-21-42(41)48;;/h7-30,33-35H,1-6H3;8-26,29-31H,1-7H3;;/q2*-1;;/i;5D3;;. The minimum atomic E-state index is -2.39. The Kier molecular flexibility index (Phi) is 19.7. The van der Waals surface area contributed by atoms with Gasteiger partial charge in [0, 0.05) is 112 Å². The molecule has 17 aromatic rings. The zero-order chi connectivity index (χ0) is 75.1. The van der Waals surface area contributed by atoms with Gasteiger partial charge < -0.3 is 9.13 Å². The van der Waals surface area contributed by atoms with Gasteiger partial charge in [-0.05, 0) is 140 Å². The first-order valence-electron chi connectivity index (χ1n) is 38.3. The van der Waals surface area contributed by atoms with Crippen molar-refractivity contribution in [3.63, 3.8) is 0 Å². The van der Waals surface area contributed by atoms with Crippen LogP contribution in [0.1, 0.15) is 105 Å². The molecule has 0 N–H and O–H groups in total. The van der Waals surface area contributed by atoms with E-state index in [1.807, 2.05) is 47.3 Å². The molecule has 0 atom stereocenters. The summed E-state index contributed by atoms with van der Waals surface area (Å²) in [7, 11) is -4.69. The van der Waals surface area contributed by atoms with Gasteiger partial charge in [-0.15, -0.1) is 35.0 Å². The molecule has 0 unspecified atom stereocenters. The van der Waals surface area contributed by atoms with Crippen LogP contribution in [0.5, 0.6) is 0 Å². The van der Waals surface area contributed by atoms with Crippen molar-refractivity contribution in [2.24, 2.45) is 6.98 Å². The molecule has 0 saturated carbocycles. The number of aromatic nitrogens is 8. The summed E-state index contributed by atoms with van der Waals surface area (Å²) >= 11 is 0. The second-order valence-electron chi connectivity index (χ2n) is 30.2. The van der Waals surface area contributed by atoms with Crippen molar-refractivity contribution >= 4 is 103 Å². The Morgan fingerprint density at radius 1 is 0.346 bits per heavy atom. The number of imidazole rings is 2. The molecule has 0 fully saturated rings. The number of para-hydroxylation sites is 7. The zero-order valence-electron chi connectivity index (χ0n) is 65.5. The largest absolute Gasteiger partial charge is 0.319 e. The predicted molar refractivity (Wildman–Crippen MR) is 447 cm³/mol. The molecule has 0 amide bonds. The minimum Gasteiger partial charge on any atom is -0.319 e. The van der Waals surface area contributed by atoms with Gasteiger partial charge in [-0.1, -0.05) is 196 Å². The van der Waals surface area contributed by atoms with Crippen molar-refractivity contribution < 1.29 is 46.2 Å². The average Bonchev–Trinajstić information content (AvgIpc) is 1.58. The van der Waals surface area contributed by atoms with Gasteiger partial charge in [0.1, 0.15) is 17.3 Å². The van der Waals surface area contributed by atoms with E-state index in [0.717, 1.165) is 88.5 Å². The van der Waals surface area contributed by atoms with Crippen LogP contribution in [0, 0.1) is 24.3 Å². The van der Waals surface area contributed by atoms with Gasteiger partial charge in [0.25, 0.3) is 0 Å². The molecule has 6 aromatic heterocycles. The van der Waals surface area contributed by atoms with Crippen LogP contribution < -0.4 is 20.7 Å². The molecule has 107 heavy (non-hydrogen) atoms. The summed E-state index contributed by atoms with van der Waals surface area (Å²) in [5.41, 5.74) is 21.5. The fraction of sp³-hybridized carbons (Fsp3) is 0.179. The van der Waals surface area contributed by atoms with Gasteiger partial charge in [-0.25, -0.2) is 23.7 Å². The van der Waals surface area contributed by atoms with E-state index in [1.54, 1.807) is 6.33 Å². The first-order valence-corrected chi connectivity index (χ1v) is 42.8. The van der Waals surface area contributed by atoms with Crippen LogP contribution in [0.4, 0.5) is 0 Å². The van der Waals surface area contributed by atoms with E-state index in [1.165, 1.54) is 70.2 Å². The molecule has 0 radical (unpaired) electrons. The maximum absolute atomic E-state index is 8.15. The SMILES string of the molecule is CC(C)c1cccc(C(C)C)c1-c1ccnc(-n2c3[c-]c([Si](C)(C)c4[c-]c(-n5[cH+]n(-c6ccccc6)c6ccccc65)ccc4)ccc3c3ccccc32)c1.[2H]C([2H])([2H])n1[cH+]n(-c2[c-]c([Si](C)(C)c3[c-]c4c(cc3)c3ccccc3n4-c3cc(-c4c(C(C)C)cccc4C(C)C)ccn3)ccc2)c2ccccc21.[Pt].[Pt]. The monoisotopic (exact) mass is 1790 g/mol. The van der Waals surface area contributed by atoms with Crippen LogP contribution in [-0.4, -0.2) is 53.5 Å². The third kappa shape index (κ3) is 13.4. The summed E-state index contributed by atoms with van der Waals surface area (Å²) in [6, 6.07) is 104. The number of pyridine rings is 2. The first kappa shape index (κ1) is 70.1. The fourth-order valence-electron chi connectivity index (χ4n) is 15.8.